The lowest BCUT2D eigenvalue weighted by Gasteiger charge is -1.99. The van der Waals surface area contributed by atoms with Crippen LogP contribution in [0.3, 0.4) is 0 Å². The van der Waals surface area contributed by atoms with Crippen LogP contribution < -0.4 is 0 Å². The Balaban J connectivity index is 5.39. The highest BCUT2D eigenvalue weighted by Gasteiger charge is 2.25. The molecule has 0 saturated heterocycles. The topological polar surface area (TPSA) is 0 Å². The second-order valence-electron chi connectivity index (χ2n) is 1.63. The molecule has 0 radical (unpaired) electrons. The molecular weight excluding hydrogens is 266 g/mol. The summed E-state index contributed by atoms with van der Waals surface area (Å²) >= 11 is 20.9. The molecule has 0 aliphatic rings. The second kappa shape index (κ2) is 7.06. The predicted molar refractivity (Wildman–Crippen MR) is 60.3 cm³/mol. The molecule has 0 aromatic heterocycles. The molecule has 0 unspecified atom stereocenters. The van der Waals surface area contributed by atoms with E-state index in [4.69, 9.17) is 46.4 Å². The first-order chi connectivity index (χ1) is 6.24. The van der Waals surface area contributed by atoms with E-state index in [2.05, 4.69) is 43.7 Å². The highest BCUT2D eigenvalue weighted by atomic mass is 35.5. The summed E-state index contributed by atoms with van der Waals surface area (Å²) in [5.74, 6) is 0. The number of hydrogen-bond acceptors (Lipinski definition) is 0. The van der Waals surface area contributed by atoms with Crippen molar-refractivity contribution in [1.29, 1.82) is 0 Å². The second-order valence-corrected chi connectivity index (χ2v) is 4.88. The molecule has 0 aromatic rings. The summed E-state index contributed by atoms with van der Waals surface area (Å²) in [5.41, 5.74) is 10.3. The van der Waals surface area contributed by atoms with Crippen molar-refractivity contribution in [2.45, 2.75) is 0 Å². The average molecular weight is 266 g/mol. The molecule has 0 heterocycles. The van der Waals surface area contributed by atoms with E-state index in [1.807, 2.05) is 0 Å². The van der Waals surface area contributed by atoms with Crippen LogP contribution in [0.5, 0.6) is 0 Å². The smallest absolute Gasteiger partial charge is 0.0703 e. The molecule has 13 heavy (non-hydrogen) atoms. The summed E-state index contributed by atoms with van der Waals surface area (Å²) in [6.07, 6.45) is 0. The molecule has 0 fully saturated rings. The zero-order chi connectivity index (χ0) is 10.2. The van der Waals surface area contributed by atoms with Crippen LogP contribution in [0.1, 0.15) is 0 Å². The lowest BCUT2D eigenvalue weighted by Crippen LogP contribution is -2.28. The van der Waals surface area contributed by atoms with E-state index >= 15 is 0 Å². The Hall–Kier alpha value is -0.383. The molecule has 64 valence electrons. The molecule has 0 N–H and O–H groups in total. The normalized spacial score (nSPS) is 7.08. The zero-order valence-electron chi connectivity index (χ0n) is 6.01. The van der Waals surface area contributed by atoms with Crippen molar-refractivity contribution in [1.82, 2.24) is 0 Å². The number of rotatable bonds is 0. The maximum atomic E-state index is 5.23. The van der Waals surface area contributed by atoms with Gasteiger partial charge in [-0.3, -0.25) is 0 Å². The first-order valence-corrected chi connectivity index (χ1v) is 6.27. The van der Waals surface area contributed by atoms with E-state index in [0.29, 0.717) is 0 Å². The van der Waals surface area contributed by atoms with Gasteiger partial charge in [0.25, 0.3) is 0 Å². The highest BCUT2D eigenvalue weighted by molar-refractivity contribution is 7.07. The van der Waals surface area contributed by atoms with Crippen LogP contribution in [0.2, 0.25) is 0 Å². The van der Waals surface area contributed by atoms with Crippen molar-refractivity contribution in [3.05, 3.63) is 0 Å². The Morgan fingerprint density at radius 1 is 0.538 bits per heavy atom. The summed E-state index contributed by atoms with van der Waals surface area (Å²) in [5, 5.41) is 8.65. The third-order valence-corrected chi connectivity index (χ3v) is 3.95. The first-order valence-electron chi connectivity index (χ1n) is 2.76. The molecule has 5 heteroatoms. The Kier molecular flexibility index (Phi) is 6.85. The Morgan fingerprint density at radius 3 is 0.923 bits per heavy atom. The van der Waals surface area contributed by atoms with Crippen LogP contribution in [-0.2, 0) is 0 Å². The summed E-state index contributed by atoms with van der Waals surface area (Å²) in [4.78, 5) is 0. The number of hydrogen-bond donors (Lipinski definition) is 0. The van der Waals surface area contributed by atoms with E-state index in [9.17, 15) is 0 Å². The Morgan fingerprint density at radius 2 is 0.769 bits per heavy atom. The molecule has 0 aliphatic carbocycles. The van der Waals surface area contributed by atoms with Gasteiger partial charge < -0.3 is 0 Å². The standard InChI is InChI=1S/C8Cl4Si/c9-1-5-13(6-2-10,7-3-11)8-4-12. The lowest BCUT2D eigenvalue weighted by atomic mass is 11.3. The van der Waals surface area contributed by atoms with E-state index < -0.39 is 8.07 Å². The van der Waals surface area contributed by atoms with Crippen LogP contribution in [0, 0.1) is 43.7 Å². The van der Waals surface area contributed by atoms with Crippen molar-refractivity contribution in [3.8, 4) is 43.7 Å². The van der Waals surface area contributed by atoms with Crippen molar-refractivity contribution < 1.29 is 0 Å². The van der Waals surface area contributed by atoms with Gasteiger partial charge in [-0.15, -0.1) is 0 Å². The van der Waals surface area contributed by atoms with Crippen LogP contribution in [0.15, 0.2) is 0 Å². The van der Waals surface area contributed by atoms with Gasteiger partial charge in [-0.25, -0.2) is 0 Å². The molecule has 0 bridgehead atoms. The summed E-state index contributed by atoms with van der Waals surface area (Å²) < 4.78 is 0. The monoisotopic (exact) mass is 264 g/mol. The van der Waals surface area contributed by atoms with E-state index in [1.54, 1.807) is 0 Å². The molecule has 0 spiro atoms. The SMILES string of the molecule is ClC#C[Si](C#CCl)(C#CCl)C#CCl. The minimum absolute atomic E-state index is 2.16. The highest BCUT2D eigenvalue weighted by Crippen LogP contribution is 1.98. The molecule has 0 atom stereocenters. The average Bonchev–Trinajstić information content (AvgIpc) is 2.06. The molecule has 0 amide bonds. The zero-order valence-corrected chi connectivity index (χ0v) is 10.0. The third kappa shape index (κ3) is 4.41. The summed E-state index contributed by atoms with van der Waals surface area (Å²) in [7, 11) is -2.77. The van der Waals surface area contributed by atoms with Gasteiger partial charge in [0.05, 0.1) is 0 Å². The van der Waals surface area contributed by atoms with Gasteiger partial charge in [-0.1, -0.05) is 22.2 Å². The minimum Gasteiger partial charge on any atom is -0.0703 e. The molecule has 0 saturated carbocycles. The van der Waals surface area contributed by atoms with Crippen molar-refractivity contribution >= 4 is 54.5 Å². The maximum absolute atomic E-state index is 5.23. The van der Waals surface area contributed by atoms with Crippen molar-refractivity contribution in [2.75, 3.05) is 0 Å². The van der Waals surface area contributed by atoms with Gasteiger partial charge in [0.15, 0.2) is 0 Å². The van der Waals surface area contributed by atoms with Gasteiger partial charge >= 0.3 is 8.07 Å². The molecular formula is C8Cl4Si. The van der Waals surface area contributed by atoms with Crippen molar-refractivity contribution in [2.24, 2.45) is 0 Å². The molecule has 0 aromatic carbocycles. The molecule has 0 nitrogen and oxygen atoms in total. The largest absolute Gasteiger partial charge is 0.374 e. The van der Waals surface area contributed by atoms with E-state index in [-0.39, 0.29) is 0 Å². The van der Waals surface area contributed by atoms with Gasteiger partial charge in [0.1, 0.15) is 0 Å². The third-order valence-electron chi connectivity index (χ3n) is 0.939. The summed E-state index contributed by atoms with van der Waals surface area (Å²) in [6, 6.07) is 0. The fraction of sp³-hybridized carbons (Fsp3) is 0. The maximum Gasteiger partial charge on any atom is 0.374 e. The van der Waals surface area contributed by atoms with Crippen LogP contribution >= 0.6 is 46.4 Å². The quantitative estimate of drug-likeness (QED) is 0.466. The fourth-order valence-corrected chi connectivity index (χ4v) is 3.11. The van der Waals surface area contributed by atoms with Crippen LogP contribution in [0.25, 0.3) is 0 Å². The van der Waals surface area contributed by atoms with E-state index in [1.165, 1.54) is 0 Å². The van der Waals surface area contributed by atoms with Crippen LogP contribution in [0.4, 0.5) is 0 Å². The molecule has 0 rings (SSSR count). The van der Waals surface area contributed by atoms with Gasteiger partial charge in [-0.2, -0.15) is 0 Å². The lowest BCUT2D eigenvalue weighted by molar-refractivity contribution is 2.41. The van der Waals surface area contributed by atoms with Crippen molar-refractivity contribution in [3.63, 3.8) is 0 Å². The minimum atomic E-state index is -2.77. The van der Waals surface area contributed by atoms with Gasteiger partial charge in [0, 0.05) is 21.5 Å². The van der Waals surface area contributed by atoms with Gasteiger partial charge in [0.2, 0.25) is 0 Å². The first kappa shape index (κ1) is 12.6. The van der Waals surface area contributed by atoms with Crippen LogP contribution in [-0.4, -0.2) is 8.07 Å². The Bertz CT molecular complexity index is 324. The van der Waals surface area contributed by atoms with Gasteiger partial charge in [-0.05, 0) is 46.4 Å². The summed E-state index contributed by atoms with van der Waals surface area (Å²) in [6.45, 7) is 0. The molecule has 0 aliphatic heterocycles. The predicted octanol–water partition coefficient (Wildman–Crippen LogP) is 2.39. The fourth-order valence-electron chi connectivity index (χ4n) is 0.471. The number of halogens is 4. The Labute approximate surface area is 97.9 Å². The van der Waals surface area contributed by atoms with E-state index in [0.717, 1.165) is 0 Å².